The third kappa shape index (κ3) is 2.32. The average molecular weight is 251 g/mol. The van der Waals surface area contributed by atoms with Crippen LogP contribution >= 0.6 is 0 Å². The lowest BCUT2D eigenvalue weighted by molar-refractivity contribution is -0.149. The lowest BCUT2D eigenvalue weighted by Crippen LogP contribution is -2.55. The highest BCUT2D eigenvalue weighted by Crippen LogP contribution is 2.53. The van der Waals surface area contributed by atoms with Crippen LogP contribution in [0.25, 0.3) is 0 Å². The fourth-order valence-electron chi connectivity index (χ4n) is 3.89. The van der Waals surface area contributed by atoms with Crippen LogP contribution < -0.4 is 5.32 Å². The second-order valence-corrected chi connectivity index (χ2v) is 7.34. The summed E-state index contributed by atoms with van der Waals surface area (Å²) in [5.41, 5.74) is 0.298. The molecule has 0 aromatic carbocycles. The number of carbonyl (C=O) groups excluding carboxylic acids is 2. The number of piperidine rings is 1. The first-order chi connectivity index (χ1) is 8.26. The van der Waals surface area contributed by atoms with Gasteiger partial charge in [-0.25, -0.2) is 0 Å². The molecule has 2 rings (SSSR count). The molecule has 1 unspecified atom stereocenters. The number of rotatable bonds is 1. The third-order valence-electron chi connectivity index (χ3n) is 4.98. The maximum absolute atomic E-state index is 12.1. The summed E-state index contributed by atoms with van der Waals surface area (Å²) in [6.07, 6.45) is 4.81. The van der Waals surface area contributed by atoms with Crippen LogP contribution in [0.4, 0.5) is 0 Å². The molecule has 3 heteroatoms. The molecule has 102 valence electrons. The largest absolute Gasteiger partial charge is 0.296 e. The fraction of sp³-hybridized carbons (Fsp3) is 0.867. The maximum Gasteiger partial charge on any atom is 0.230 e. The van der Waals surface area contributed by atoms with Gasteiger partial charge >= 0.3 is 0 Å². The first-order valence-corrected chi connectivity index (χ1v) is 7.09. The molecule has 1 spiro atoms. The lowest BCUT2D eigenvalue weighted by Gasteiger charge is -2.50. The summed E-state index contributed by atoms with van der Waals surface area (Å²) in [6, 6.07) is 0. The Hall–Kier alpha value is -0.860. The molecule has 2 aliphatic rings. The van der Waals surface area contributed by atoms with E-state index >= 15 is 0 Å². The summed E-state index contributed by atoms with van der Waals surface area (Å²) in [5, 5.41) is 2.53. The molecule has 0 aromatic heterocycles. The second kappa shape index (κ2) is 4.36. The number of imide groups is 1. The van der Waals surface area contributed by atoms with Crippen LogP contribution in [0.15, 0.2) is 0 Å². The van der Waals surface area contributed by atoms with E-state index in [0.29, 0.717) is 17.8 Å². The Bertz CT molecular complexity index is 361. The highest BCUT2D eigenvalue weighted by atomic mass is 16.2. The minimum absolute atomic E-state index is 0.00583. The van der Waals surface area contributed by atoms with Crippen molar-refractivity contribution in [2.75, 3.05) is 0 Å². The molecule has 1 N–H and O–H groups in total. The van der Waals surface area contributed by atoms with Gasteiger partial charge in [0.15, 0.2) is 0 Å². The van der Waals surface area contributed by atoms with E-state index < -0.39 is 0 Å². The molecule has 2 amide bonds. The van der Waals surface area contributed by atoms with Gasteiger partial charge in [0.25, 0.3) is 0 Å². The van der Waals surface area contributed by atoms with Crippen molar-refractivity contribution in [1.82, 2.24) is 5.32 Å². The van der Waals surface area contributed by atoms with Gasteiger partial charge in [-0.3, -0.25) is 14.9 Å². The molecule has 1 saturated carbocycles. The van der Waals surface area contributed by atoms with Gasteiger partial charge in [0, 0.05) is 12.3 Å². The van der Waals surface area contributed by atoms with Crippen LogP contribution in [0, 0.1) is 22.7 Å². The first-order valence-electron chi connectivity index (χ1n) is 7.09. The smallest absolute Gasteiger partial charge is 0.230 e. The van der Waals surface area contributed by atoms with Gasteiger partial charge in [0.2, 0.25) is 11.8 Å². The molecule has 0 aromatic rings. The predicted octanol–water partition coefficient (Wildman–Crippen LogP) is 2.89. The molecular formula is C15H25NO2. The van der Waals surface area contributed by atoms with Crippen molar-refractivity contribution >= 4 is 11.8 Å². The zero-order chi connectivity index (χ0) is 13.6. The SMILES string of the molecule is CC(C)C1C(=O)NC(=O)CC12CCC(C)(C)CC2. The van der Waals surface area contributed by atoms with Crippen molar-refractivity contribution in [2.24, 2.45) is 22.7 Å². The summed E-state index contributed by atoms with van der Waals surface area (Å²) in [4.78, 5) is 23.9. The molecule has 18 heavy (non-hydrogen) atoms. The van der Waals surface area contributed by atoms with Crippen LogP contribution in [-0.2, 0) is 9.59 Å². The highest BCUT2D eigenvalue weighted by Gasteiger charge is 2.51. The molecule has 1 heterocycles. The van der Waals surface area contributed by atoms with Crippen molar-refractivity contribution in [2.45, 2.75) is 59.8 Å². The van der Waals surface area contributed by atoms with Crippen molar-refractivity contribution in [3.05, 3.63) is 0 Å². The molecule has 1 aliphatic heterocycles. The summed E-state index contributed by atoms with van der Waals surface area (Å²) in [7, 11) is 0. The van der Waals surface area contributed by atoms with E-state index in [1.807, 2.05) is 0 Å². The molecular weight excluding hydrogens is 226 g/mol. The minimum Gasteiger partial charge on any atom is -0.296 e. The van der Waals surface area contributed by atoms with E-state index in [2.05, 4.69) is 33.0 Å². The zero-order valence-corrected chi connectivity index (χ0v) is 12.0. The van der Waals surface area contributed by atoms with E-state index in [9.17, 15) is 9.59 Å². The van der Waals surface area contributed by atoms with Crippen LogP contribution in [0.2, 0.25) is 0 Å². The van der Waals surface area contributed by atoms with Gasteiger partial charge in [-0.1, -0.05) is 27.7 Å². The molecule has 0 bridgehead atoms. The second-order valence-electron chi connectivity index (χ2n) is 7.34. The Morgan fingerprint density at radius 2 is 1.67 bits per heavy atom. The van der Waals surface area contributed by atoms with Crippen molar-refractivity contribution < 1.29 is 9.59 Å². The number of hydrogen-bond donors (Lipinski definition) is 1. The number of nitrogens with one attached hydrogen (secondary N) is 1. The van der Waals surface area contributed by atoms with Crippen molar-refractivity contribution in [3.8, 4) is 0 Å². The zero-order valence-electron chi connectivity index (χ0n) is 12.0. The quantitative estimate of drug-likeness (QED) is 0.728. The summed E-state index contributed by atoms with van der Waals surface area (Å²) < 4.78 is 0. The average Bonchev–Trinajstić information content (AvgIpc) is 2.21. The Balaban J connectivity index is 2.27. The molecule has 1 saturated heterocycles. The summed E-state index contributed by atoms with van der Waals surface area (Å²) >= 11 is 0. The summed E-state index contributed by atoms with van der Waals surface area (Å²) in [6.45, 7) is 8.77. The Morgan fingerprint density at radius 3 is 2.17 bits per heavy atom. The van der Waals surface area contributed by atoms with Gasteiger partial charge in [0.1, 0.15) is 0 Å². The number of amides is 2. The van der Waals surface area contributed by atoms with Crippen molar-refractivity contribution in [3.63, 3.8) is 0 Å². The van der Waals surface area contributed by atoms with Crippen LogP contribution in [0.5, 0.6) is 0 Å². The first kappa shape index (κ1) is 13.6. The monoisotopic (exact) mass is 251 g/mol. The predicted molar refractivity (Wildman–Crippen MR) is 70.8 cm³/mol. The van der Waals surface area contributed by atoms with E-state index in [1.165, 1.54) is 0 Å². The van der Waals surface area contributed by atoms with Crippen LogP contribution in [-0.4, -0.2) is 11.8 Å². The van der Waals surface area contributed by atoms with Gasteiger partial charge in [-0.2, -0.15) is 0 Å². The van der Waals surface area contributed by atoms with E-state index in [-0.39, 0.29) is 23.1 Å². The van der Waals surface area contributed by atoms with Crippen molar-refractivity contribution in [1.29, 1.82) is 0 Å². The normalized spacial score (nSPS) is 30.6. The fourth-order valence-corrected chi connectivity index (χ4v) is 3.89. The van der Waals surface area contributed by atoms with Gasteiger partial charge in [-0.05, 0) is 42.4 Å². The molecule has 1 atom stereocenters. The Labute approximate surface area is 110 Å². The standard InChI is InChI=1S/C15H25NO2/c1-10(2)12-13(18)16-11(17)9-15(12)7-5-14(3,4)6-8-15/h10,12H,5-9H2,1-4H3,(H,16,17,18). The van der Waals surface area contributed by atoms with E-state index in [4.69, 9.17) is 0 Å². The van der Waals surface area contributed by atoms with Crippen LogP contribution in [0.1, 0.15) is 59.8 Å². The third-order valence-corrected chi connectivity index (χ3v) is 4.98. The van der Waals surface area contributed by atoms with E-state index in [0.717, 1.165) is 25.7 Å². The topological polar surface area (TPSA) is 46.2 Å². The van der Waals surface area contributed by atoms with Crippen LogP contribution in [0.3, 0.4) is 0 Å². The van der Waals surface area contributed by atoms with Gasteiger partial charge in [0.05, 0.1) is 0 Å². The number of carbonyl (C=O) groups is 2. The Kier molecular flexibility index (Phi) is 3.28. The number of hydrogen-bond acceptors (Lipinski definition) is 2. The molecule has 0 radical (unpaired) electrons. The molecule has 1 aliphatic carbocycles. The maximum atomic E-state index is 12.1. The van der Waals surface area contributed by atoms with Gasteiger partial charge < -0.3 is 0 Å². The Morgan fingerprint density at radius 1 is 1.11 bits per heavy atom. The van der Waals surface area contributed by atoms with E-state index in [1.54, 1.807) is 0 Å². The lowest BCUT2D eigenvalue weighted by atomic mass is 9.55. The summed E-state index contributed by atoms with van der Waals surface area (Å²) in [5.74, 6) is 0.197. The molecule has 2 fully saturated rings. The molecule has 3 nitrogen and oxygen atoms in total. The minimum atomic E-state index is -0.0726. The van der Waals surface area contributed by atoms with Gasteiger partial charge in [-0.15, -0.1) is 0 Å². The highest BCUT2D eigenvalue weighted by molar-refractivity contribution is 5.99.